The molecule has 0 atom stereocenters. The van der Waals surface area contributed by atoms with Crippen molar-refractivity contribution >= 4 is 16.6 Å². The largest absolute Gasteiger partial charge is 0.435 e. The SMILES string of the molecule is CNc1c2c(nc3ccc(OC(F)F)cc13)CCCC2. The Morgan fingerprint density at radius 3 is 2.80 bits per heavy atom. The van der Waals surface area contributed by atoms with Gasteiger partial charge in [-0.1, -0.05) is 0 Å². The van der Waals surface area contributed by atoms with Crippen LogP contribution in [0.3, 0.4) is 0 Å². The number of hydrogen-bond donors (Lipinski definition) is 1. The summed E-state index contributed by atoms with van der Waals surface area (Å²) in [6, 6.07) is 4.91. The van der Waals surface area contributed by atoms with Crippen molar-refractivity contribution in [2.75, 3.05) is 12.4 Å². The van der Waals surface area contributed by atoms with Crippen molar-refractivity contribution in [3.63, 3.8) is 0 Å². The van der Waals surface area contributed by atoms with E-state index in [9.17, 15) is 8.78 Å². The van der Waals surface area contributed by atoms with Crippen molar-refractivity contribution in [3.8, 4) is 5.75 Å². The lowest BCUT2D eigenvalue weighted by atomic mass is 9.92. The molecule has 0 spiro atoms. The van der Waals surface area contributed by atoms with Gasteiger partial charge in [0.1, 0.15) is 5.75 Å². The lowest BCUT2D eigenvalue weighted by Crippen LogP contribution is -2.10. The fourth-order valence-corrected chi connectivity index (χ4v) is 2.86. The molecule has 1 aromatic carbocycles. The molecule has 0 unspecified atom stereocenters. The van der Waals surface area contributed by atoms with E-state index >= 15 is 0 Å². The second kappa shape index (κ2) is 5.23. The molecule has 1 aliphatic carbocycles. The van der Waals surface area contributed by atoms with Gasteiger partial charge >= 0.3 is 6.61 Å². The van der Waals surface area contributed by atoms with Crippen LogP contribution >= 0.6 is 0 Å². The summed E-state index contributed by atoms with van der Waals surface area (Å²) in [6.45, 7) is -2.81. The third-order valence-corrected chi connectivity index (χ3v) is 3.71. The molecule has 1 N–H and O–H groups in total. The Morgan fingerprint density at radius 1 is 1.25 bits per heavy atom. The number of aromatic nitrogens is 1. The van der Waals surface area contributed by atoms with Crippen molar-refractivity contribution < 1.29 is 13.5 Å². The van der Waals surface area contributed by atoms with E-state index in [0.29, 0.717) is 0 Å². The highest BCUT2D eigenvalue weighted by Gasteiger charge is 2.18. The topological polar surface area (TPSA) is 34.2 Å². The molecule has 0 radical (unpaired) electrons. The third-order valence-electron chi connectivity index (χ3n) is 3.71. The van der Waals surface area contributed by atoms with Crippen LogP contribution in [0.5, 0.6) is 5.75 Å². The van der Waals surface area contributed by atoms with Crippen LogP contribution in [-0.4, -0.2) is 18.6 Å². The molecule has 106 valence electrons. The lowest BCUT2D eigenvalue weighted by Gasteiger charge is -2.20. The molecule has 0 amide bonds. The minimum absolute atomic E-state index is 0.168. The number of alkyl halides is 2. The Hall–Kier alpha value is -1.91. The molecule has 1 heterocycles. The number of nitrogens with zero attached hydrogens (tertiary/aromatic N) is 1. The summed E-state index contributed by atoms with van der Waals surface area (Å²) in [4.78, 5) is 4.66. The Morgan fingerprint density at radius 2 is 2.05 bits per heavy atom. The molecule has 0 saturated carbocycles. The fraction of sp³-hybridized carbons (Fsp3) is 0.400. The van der Waals surface area contributed by atoms with Crippen LogP contribution in [0.4, 0.5) is 14.5 Å². The van der Waals surface area contributed by atoms with Gasteiger partial charge in [-0.15, -0.1) is 0 Å². The maximum Gasteiger partial charge on any atom is 0.387 e. The Kier molecular flexibility index (Phi) is 3.42. The monoisotopic (exact) mass is 278 g/mol. The van der Waals surface area contributed by atoms with Gasteiger partial charge in [0.15, 0.2) is 0 Å². The number of aryl methyl sites for hydroxylation is 1. The van der Waals surface area contributed by atoms with Crippen LogP contribution in [0.15, 0.2) is 18.2 Å². The van der Waals surface area contributed by atoms with E-state index < -0.39 is 6.61 Å². The zero-order valence-corrected chi connectivity index (χ0v) is 11.2. The molecule has 3 rings (SSSR count). The number of halogens is 2. The molecule has 0 aliphatic heterocycles. The normalized spacial score (nSPS) is 14.4. The molecule has 0 bridgehead atoms. The molecular formula is C15H16F2N2O. The first-order chi connectivity index (χ1) is 9.69. The first kappa shape index (κ1) is 13.1. The quantitative estimate of drug-likeness (QED) is 0.928. The number of rotatable bonds is 3. The highest BCUT2D eigenvalue weighted by Crippen LogP contribution is 2.34. The molecule has 5 heteroatoms. The lowest BCUT2D eigenvalue weighted by molar-refractivity contribution is -0.0497. The summed E-state index contributed by atoms with van der Waals surface area (Å²) in [5.74, 6) is 0.168. The summed E-state index contributed by atoms with van der Waals surface area (Å²) < 4.78 is 29.1. The summed E-state index contributed by atoms with van der Waals surface area (Å²) in [6.07, 6.45) is 4.26. The average molecular weight is 278 g/mol. The fourth-order valence-electron chi connectivity index (χ4n) is 2.86. The van der Waals surface area contributed by atoms with Gasteiger partial charge in [0.05, 0.1) is 5.52 Å². The van der Waals surface area contributed by atoms with E-state index in [1.807, 2.05) is 7.05 Å². The summed E-state index contributed by atoms with van der Waals surface area (Å²) >= 11 is 0. The number of pyridine rings is 1. The molecule has 2 aromatic rings. The molecule has 0 saturated heterocycles. The minimum atomic E-state index is -2.81. The average Bonchev–Trinajstić information content (AvgIpc) is 2.44. The predicted octanol–water partition coefficient (Wildman–Crippen LogP) is 3.76. The van der Waals surface area contributed by atoms with E-state index in [-0.39, 0.29) is 5.75 Å². The third kappa shape index (κ3) is 2.28. The number of fused-ring (bicyclic) bond motifs is 2. The molecular weight excluding hydrogens is 262 g/mol. The van der Waals surface area contributed by atoms with Crippen LogP contribution in [-0.2, 0) is 12.8 Å². The van der Waals surface area contributed by atoms with Crippen LogP contribution in [0.1, 0.15) is 24.1 Å². The van der Waals surface area contributed by atoms with Crippen LogP contribution in [0.25, 0.3) is 10.9 Å². The van der Waals surface area contributed by atoms with Crippen molar-refractivity contribution in [2.24, 2.45) is 0 Å². The van der Waals surface area contributed by atoms with E-state index in [1.54, 1.807) is 12.1 Å². The van der Waals surface area contributed by atoms with Gasteiger partial charge < -0.3 is 10.1 Å². The van der Waals surface area contributed by atoms with E-state index in [4.69, 9.17) is 0 Å². The van der Waals surface area contributed by atoms with Crippen LogP contribution in [0, 0.1) is 0 Å². The second-order valence-corrected chi connectivity index (χ2v) is 4.93. The number of hydrogen-bond acceptors (Lipinski definition) is 3. The summed E-state index contributed by atoms with van der Waals surface area (Å²) in [5, 5.41) is 4.03. The Labute approximate surface area is 116 Å². The smallest absolute Gasteiger partial charge is 0.387 e. The predicted molar refractivity (Wildman–Crippen MR) is 74.6 cm³/mol. The van der Waals surface area contributed by atoms with Crippen molar-refractivity contribution in [1.29, 1.82) is 0 Å². The van der Waals surface area contributed by atoms with Gasteiger partial charge in [0, 0.05) is 23.8 Å². The van der Waals surface area contributed by atoms with Gasteiger partial charge in [-0.25, -0.2) is 0 Å². The number of benzene rings is 1. The highest BCUT2D eigenvalue weighted by molar-refractivity contribution is 5.94. The zero-order chi connectivity index (χ0) is 14.1. The Balaban J connectivity index is 2.17. The molecule has 0 fully saturated rings. The first-order valence-corrected chi connectivity index (χ1v) is 6.77. The standard InChI is InChI=1S/C15H16F2N2O/c1-18-14-10-4-2-3-5-12(10)19-13-7-6-9(8-11(13)14)20-15(16)17/h6-8,15H,2-5H2,1H3,(H,18,19). The first-order valence-electron chi connectivity index (χ1n) is 6.77. The maximum atomic E-state index is 12.3. The number of anilines is 1. The van der Waals surface area contributed by atoms with Crippen molar-refractivity contribution in [2.45, 2.75) is 32.3 Å². The summed E-state index contributed by atoms with van der Waals surface area (Å²) in [5.41, 5.74) is 4.14. The van der Waals surface area contributed by atoms with Gasteiger partial charge in [0.25, 0.3) is 0 Å². The zero-order valence-electron chi connectivity index (χ0n) is 11.2. The van der Waals surface area contributed by atoms with Crippen molar-refractivity contribution in [3.05, 3.63) is 29.5 Å². The van der Waals surface area contributed by atoms with E-state index in [1.165, 1.54) is 11.6 Å². The van der Waals surface area contributed by atoms with Gasteiger partial charge in [0.2, 0.25) is 0 Å². The minimum Gasteiger partial charge on any atom is -0.435 e. The van der Waals surface area contributed by atoms with Gasteiger partial charge in [-0.3, -0.25) is 4.98 Å². The molecule has 1 aromatic heterocycles. The Bertz CT molecular complexity index is 643. The number of nitrogens with one attached hydrogen (secondary N) is 1. The highest BCUT2D eigenvalue weighted by atomic mass is 19.3. The van der Waals surface area contributed by atoms with E-state index in [0.717, 1.165) is 48.0 Å². The van der Waals surface area contributed by atoms with Crippen LogP contribution in [0.2, 0.25) is 0 Å². The molecule has 1 aliphatic rings. The van der Waals surface area contributed by atoms with E-state index in [2.05, 4.69) is 15.0 Å². The summed E-state index contributed by atoms with van der Waals surface area (Å²) in [7, 11) is 1.85. The van der Waals surface area contributed by atoms with Gasteiger partial charge in [-0.2, -0.15) is 8.78 Å². The maximum absolute atomic E-state index is 12.3. The van der Waals surface area contributed by atoms with Gasteiger partial charge in [-0.05, 0) is 49.4 Å². The molecule has 20 heavy (non-hydrogen) atoms. The number of ether oxygens (including phenoxy) is 1. The van der Waals surface area contributed by atoms with Crippen LogP contribution < -0.4 is 10.1 Å². The second-order valence-electron chi connectivity index (χ2n) is 4.93. The molecule has 3 nitrogen and oxygen atoms in total. The van der Waals surface area contributed by atoms with Crippen molar-refractivity contribution in [1.82, 2.24) is 4.98 Å².